The summed E-state index contributed by atoms with van der Waals surface area (Å²) in [5, 5.41) is 18.4. The van der Waals surface area contributed by atoms with Crippen molar-refractivity contribution in [2.45, 2.75) is 45.6 Å². The lowest BCUT2D eigenvalue weighted by Crippen LogP contribution is -2.15. The predicted octanol–water partition coefficient (Wildman–Crippen LogP) is 6.58. The molecule has 2 unspecified atom stereocenters. The van der Waals surface area contributed by atoms with Gasteiger partial charge in [0, 0.05) is 17.3 Å². The Bertz CT molecular complexity index is 1260. The topological polar surface area (TPSA) is 96.7 Å². The Balaban J connectivity index is 2.04. The molecule has 6 nitrogen and oxygen atoms in total. The Morgan fingerprint density at radius 3 is 2.38 bits per heavy atom. The van der Waals surface area contributed by atoms with Crippen molar-refractivity contribution in [1.82, 2.24) is 4.98 Å². The highest BCUT2D eigenvalue weighted by Crippen LogP contribution is 2.39. The third-order valence-corrected chi connectivity index (χ3v) is 7.18. The van der Waals surface area contributed by atoms with Crippen LogP contribution in [-0.2, 0) is 20.3 Å². The highest BCUT2D eigenvalue weighted by atomic mass is 31.1. The van der Waals surface area contributed by atoms with Crippen molar-refractivity contribution in [2.75, 3.05) is 12.8 Å². The zero-order valence-corrected chi connectivity index (χ0v) is 22.3. The van der Waals surface area contributed by atoms with Gasteiger partial charge in [-0.1, -0.05) is 75.4 Å². The number of hydrogen-bond acceptors (Lipinski definition) is 5. The van der Waals surface area contributed by atoms with Crippen molar-refractivity contribution in [2.24, 2.45) is 0 Å². The number of benzene rings is 2. The maximum absolute atomic E-state index is 13.8. The second-order valence-electron chi connectivity index (χ2n) is 9.04. The van der Waals surface area contributed by atoms with Crippen molar-refractivity contribution in [3.8, 4) is 22.4 Å². The molecule has 0 amide bonds. The number of aromatic nitrogens is 1. The van der Waals surface area contributed by atoms with Gasteiger partial charge in [0.1, 0.15) is 5.82 Å². The summed E-state index contributed by atoms with van der Waals surface area (Å²) < 4.78 is 31.3. The molecule has 196 valence electrons. The summed E-state index contributed by atoms with van der Waals surface area (Å²) in [5.74, 6) is -1.39. The lowest BCUT2D eigenvalue weighted by Gasteiger charge is -2.22. The third kappa shape index (κ3) is 7.68. The Hall–Kier alpha value is -3.12. The van der Waals surface area contributed by atoms with Gasteiger partial charge in [-0.15, -0.1) is 0 Å². The van der Waals surface area contributed by atoms with E-state index in [0.29, 0.717) is 6.42 Å². The van der Waals surface area contributed by atoms with Gasteiger partial charge in [-0.2, -0.15) is 0 Å². The monoisotopic (exact) mass is 525 g/mol. The highest BCUT2D eigenvalue weighted by molar-refractivity contribution is 7.39. The van der Waals surface area contributed by atoms with E-state index in [1.807, 2.05) is 36.4 Å². The van der Waals surface area contributed by atoms with Crippen LogP contribution in [0, 0.1) is 5.82 Å². The average Bonchev–Trinajstić information content (AvgIpc) is 2.86. The first kappa shape index (κ1) is 28.5. The van der Waals surface area contributed by atoms with Crippen LogP contribution in [0.1, 0.15) is 49.9 Å². The van der Waals surface area contributed by atoms with Gasteiger partial charge in [-0.3, -0.25) is 14.3 Å². The first-order valence-electron chi connectivity index (χ1n) is 12.3. The van der Waals surface area contributed by atoms with Gasteiger partial charge < -0.3 is 14.7 Å². The van der Waals surface area contributed by atoms with E-state index in [-0.39, 0.29) is 24.5 Å². The minimum Gasteiger partial charge on any atom is -0.481 e. The van der Waals surface area contributed by atoms with E-state index in [1.165, 1.54) is 12.1 Å². The molecule has 1 aromatic heterocycles. The number of carbonyl (C=O) groups is 1. The van der Waals surface area contributed by atoms with Gasteiger partial charge in [-0.05, 0) is 41.2 Å². The fraction of sp³-hybridized carbons (Fsp3) is 0.310. The minimum atomic E-state index is -2.61. The zero-order chi connectivity index (χ0) is 26.9. The summed E-state index contributed by atoms with van der Waals surface area (Å²) in [6.45, 7) is 6.22. The summed E-state index contributed by atoms with van der Waals surface area (Å²) in [6, 6.07) is 16.4. The van der Waals surface area contributed by atoms with Gasteiger partial charge >= 0.3 is 5.97 Å². The Morgan fingerprint density at radius 2 is 1.78 bits per heavy atom. The molecule has 37 heavy (non-hydrogen) atoms. The standard InChI is InChI=1S/C29H33FNO5P/c1-4-24-27(20-12-14-22(30)15-13-20)25(11-8-16-36-37(35)18-23(32)17-26(33)34)28(19(2)3)31-29(24)21-9-6-5-7-10-21/h5-15,19,23,32,37H,4,16-18H2,1-3H3,(H,33,34). The van der Waals surface area contributed by atoms with Gasteiger partial charge in [0.05, 0.1) is 30.5 Å². The molecule has 0 saturated heterocycles. The highest BCUT2D eigenvalue weighted by Gasteiger charge is 2.21. The summed E-state index contributed by atoms with van der Waals surface area (Å²) in [4.78, 5) is 15.8. The quantitative estimate of drug-likeness (QED) is 0.259. The van der Waals surface area contributed by atoms with Crippen LogP contribution in [-0.4, -0.2) is 40.0 Å². The summed E-state index contributed by atoms with van der Waals surface area (Å²) >= 11 is 0. The van der Waals surface area contributed by atoms with Crippen LogP contribution in [0.3, 0.4) is 0 Å². The van der Waals surface area contributed by atoms with Crippen molar-refractivity contribution in [3.63, 3.8) is 0 Å². The number of carboxylic acids is 1. The Kier molecular flexibility index (Phi) is 10.3. The van der Waals surface area contributed by atoms with Crippen molar-refractivity contribution in [3.05, 3.63) is 83.3 Å². The fourth-order valence-electron chi connectivity index (χ4n) is 4.22. The molecule has 2 N–H and O–H groups in total. The van der Waals surface area contributed by atoms with E-state index >= 15 is 0 Å². The van der Waals surface area contributed by atoms with Crippen LogP contribution >= 0.6 is 8.03 Å². The molecular formula is C29H33FNO5P. The maximum atomic E-state index is 13.8. The van der Waals surface area contributed by atoms with Crippen LogP contribution in [0.2, 0.25) is 0 Å². The number of pyridine rings is 1. The van der Waals surface area contributed by atoms with Crippen molar-refractivity contribution < 1.29 is 28.5 Å². The van der Waals surface area contributed by atoms with E-state index in [2.05, 4.69) is 20.8 Å². The predicted molar refractivity (Wildman–Crippen MR) is 146 cm³/mol. The number of hydrogen-bond donors (Lipinski definition) is 2. The molecule has 3 aromatic rings. The molecule has 0 aliphatic carbocycles. The van der Waals surface area contributed by atoms with Crippen LogP contribution in [0.25, 0.3) is 28.5 Å². The normalized spacial score (nSPS) is 13.2. The maximum Gasteiger partial charge on any atom is 0.305 e. The molecule has 8 heteroatoms. The Labute approximate surface area is 217 Å². The second-order valence-corrected chi connectivity index (χ2v) is 10.5. The van der Waals surface area contributed by atoms with Crippen LogP contribution in [0.15, 0.2) is 60.7 Å². The van der Waals surface area contributed by atoms with Crippen LogP contribution < -0.4 is 0 Å². The number of aliphatic carboxylic acids is 1. The number of aliphatic hydroxyl groups excluding tert-OH is 1. The number of rotatable bonds is 12. The summed E-state index contributed by atoms with van der Waals surface area (Å²) in [6.07, 6.45) is 2.42. The lowest BCUT2D eigenvalue weighted by atomic mass is 9.86. The summed E-state index contributed by atoms with van der Waals surface area (Å²) in [5.41, 5.74) is 6.50. The molecule has 0 aliphatic rings. The molecule has 0 aliphatic heterocycles. The van der Waals surface area contributed by atoms with Gasteiger partial charge in [0.25, 0.3) is 0 Å². The number of aliphatic hydroxyl groups is 1. The third-order valence-electron chi connectivity index (χ3n) is 5.88. The second kappa shape index (κ2) is 13.4. The molecule has 0 radical (unpaired) electrons. The van der Waals surface area contributed by atoms with E-state index in [9.17, 15) is 18.9 Å². The van der Waals surface area contributed by atoms with Crippen LogP contribution in [0.5, 0.6) is 0 Å². The molecule has 0 fully saturated rings. The number of carboxylic acid groups (broad SMARTS) is 1. The molecule has 0 bridgehead atoms. The van der Waals surface area contributed by atoms with E-state index < -0.39 is 26.5 Å². The van der Waals surface area contributed by atoms with E-state index in [1.54, 1.807) is 18.2 Å². The molecule has 2 aromatic carbocycles. The zero-order valence-electron chi connectivity index (χ0n) is 21.3. The average molecular weight is 526 g/mol. The molecule has 3 rings (SSSR count). The van der Waals surface area contributed by atoms with Crippen LogP contribution in [0.4, 0.5) is 4.39 Å². The van der Waals surface area contributed by atoms with E-state index in [0.717, 1.165) is 39.2 Å². The van der Waals surface area contributed by atoms with Crippen molar-refractivity contribution >= 4 is 20.1 Å². The largest absolute Gasteiger partial charge is 0.481 e. The first-order chi connectivity index (χ1) is 17.7. The molecule has 0 saturated carbocycles. The molecule has 2 atom stereocenters. The number of nitrogens with zero attached hydrogens (tertiary/aromatic N) is 1. The van der Waals surface area contributed by atoms with Gasteiger partial charge in [0.15, 0.2) is 8.03 Å². The van der Waals surface area contributed by atoms with Crippen molar-refractivity contribution in [1.29, 1.82) is 0 Å². The first-order valence-corrected chi connectivity index (χ1v) is 13.8. The smallest absolute Gasteiger partial charge is 0.305 e. The van der Waals surface area contributed by atoms with E-state index in [4.69, 9.17) is 14.6 Å². The molecule has 0 spiro atoms. The minimum absolute atomic E-state index is 0.0277. The van der Waals surface area contributed by atoms with Gasteiger partial charge in [-0.25, -0.2) is 4.39 Å². The van der Waals surface area contributed by atoms with Gasteiger partial charge in [0.2, 0.25) is 0 Å². The fourth-order valence-corrected chi connectivity index (χ4v) is 5.15. The lowest BCUT2D eigenvalue weighted by molar-refractivity contribution is -0.138. The number of halogens is 1. The SMILES string of the molecule is CCc1c(-c2ccccc2)nc(C(C)C)c(C=CCO[PH](=O)CC(O)CC(=O)O)c1-c1ccc(F)cc1. The molecular weight excluding hydrogens is 492 g/mol. The molecule has 1 heterocycles. The summed E-state index contributed by atoms with van der Waals surface area (Å²) in [7, 11) is -2.61. The Morgan fingerprint density at radius 1 is 1.11 bits per heavy atom.